The number of nitrogens with zero attached hydrogens (tertiary/aromatic N) is 1. The molecule has 0 saturated heterocycles. The van der Waals surface area contributed by atoms with Gasteiger partial charge in [-0.15, -0.1) is 0 Å². The largest absolute Gasteiger partial charge is 0.506 e. The zero-order valence-electron chi connectivity index (χ0n) is 28.3. The van der Waals surface area contributed by atoms with Crippen molar-refractivity contribution < 1.29 is 56.4 Å². The molecule has 2 N–H and O–H groups in total. The van der Waals surface area contributed by atoms with Gasteiger partial charge in [0.05, 0.1) is 43.6 Å². The second-order valence-electron chi connectivity index (χ2n) is 9.44. The number of benzene rings is 3. The average molecular weight is 941 g/mol. The molecule has 0 bridgehead atoms. The number of aliphatic hydroxyl groups is 2. The maximum Gasteiger partial charge on any atom is 0.345 e. The van der Waals surface area contributed by atoms with Gasteiger partial charge in [0.1, 0.15) is 23.2 Å². The van der Waals surface area contributed by atoms with E-state index in [1.54, 1.807) is 96.3 Å². The lowest BCUT2D eigenvalue weighted by atomic mass is 10.0. The molecular weight excluding hydrogens is 904 g/mol. The molecule has 0 saturated carbocycles. The van der Waals surface area contributed by atoms with Gasteiger partial charge in [-0.2, -0.15) is 0 Å². The number of rotatable bonds is 13. The molecule has 3 aromatic rings. The number of aliphatic hydroxyl groups excluding tert-OH is 2. The number of Topliss-reactive ketones (excluding diaryl/α,β-unsaturated/α-hetero) is 1. The molecule has 0 heterocycles. The molecule has 1 atom stereocenters. The summed E-state index contributed by atoms with van der Waals surface area (Å²) in [5.41, 5.74) is -1.33. The smallest absolute Gasteiger partial charge is 0.345 e. The highest BCUT2D eigenvalue weighted by Crippen LogP contribution is 2.25. The second-order valence-corrected chi connectivity index (χ2v) is 11.9. The van der Waals surface area contributed by atoms with Gasteiger partial charge in [0, 0.05) is 13.4 Å². The molecule has 276 valence electrons. The molecule has 1 unspecified atom stereocenters. The van der Waals surface area contributed by atoms with Crippen LogP contribution in [-0.2, 0) is 23.8 Å². The van der Waals surface area contributed by atoms with E-state index in [9.17, 15) is 42.2 Å². The van der Waals surface area contributed by atoms with Crippen LogP contribution >= 0.6 is 45.2 Å². The Morgan fingerprint density at radius 3 is 1.84 bits per heavy atom. The Balaban J connectivity index is 0.000000505. The van der Waals surface area contributed by atoms with Gasteiger partial charge in [-0.05, 0) is 95.8 Å². The molecule has 0 fully saturated rings. The summed E-state index contributed by atoms with van der Waals surface area (Å²) in [6, 6.07) is 13.0. The van der Waals surface area contributed by atoms with Crippen molar-refractivity contribution in [1.29, 1.82) is 0 Å². The van der Waals surface area contributed by atoms with Gasteiger partial charge >= 0.3 is 11.9 Å². The van der Waals surface area contributed by atoms with E-state index in [1.165, 1.54) is 6.07 Å². The molecule has 0 aliphatic carbocycles. The summed E-state index contributed by atoms with van der Waals surface area (Å²) < 4.78 is 70.0. The molecule has 51 heavy (non-hydrogen) atoms. The first-order valence-corrected chi connectivity index (χ1v) is 17.6. The average Bonchev–Trinajstić information content (AvgIpc) is 3.11. The number of hydrogen-bond donors (Lipinski definition) is 2. The van der Waals surface area contributed by atoms with Crippen LogP contribution in [0.5, 0.6) is 0 Å². The van der Waals surface area contributed by atoms with Crippen molar-refractivity contribution in [2.75, 3.05) is 26.4 Å². The zero-order valence-corrected chi connectivity index (χ0v) is 32.6. The van der Waals surface area contributed by atoms with Crippen LogP contribution < -0.4 is 0 Å². The third-order valence-electron chi connectivity index (χ3n) is 6.03. The Morgan fingerprint density at radius 1 is 0.804 bits per heavy atom. The summed E-state index contributed by atoms with van der Waals surface area (Å²) in [5, 5.41) is 20.5. The van der Waals surface area contributed by atoms with Crippen LogP contribution in [0.4, 0.5) is 17.6 Å². The Bertz CT molecular complexity index is 1730. The van der Waals surface area contributed by atoms with Crippen LogP contribution in [-0.4, -0.2) is 60.5 Å². The monoisotopic (exact) mass is 941 g/mol. The predicted octanol–water partition coefficient (Wildman–Crippen LogP) is 8.47. The lowest BCUT2D eigenvalue weighted by Gasteiger charge is -2.10. The van der Waals surface area contributed by atoms with E-state index in [2.05, 4.69) is 4.99 Å². The number of carbonyl (C=O) groups excluding carboxylic acids is 3. The van der Waals surface area contributed by atoms with E-state index >= 15 is 0 Å². The molecule has 0 spiro atoms. The molecule has 0 radical (unpaired) electrons. The summed E-state index contributed by atoms with van der Waals surface area (Å²) in [6.07, 6.45) is 0.948. The molecule has 0 aliphatic rings. The minimum Gasteiger partial charge on any atom is -0.506 e. The van der Waals surface area contributed by atoms with Crippen LogP contribution in [0, 0.1) is 30.4 Å². The number of halogens is 6. The normalized spacial score (nSPS) is 12.0. The highest BCUT2D eigenvalue weighted by Gasteiger charge is 2.26. The van der Waals surface area contributed by atoms with Gasteiger partial charge in [0.25, 0.3) is 0 Å². The number of carbonyl (C=O) groups is 3. The van der Waals surface area contributed by atoms with Crippen molar-refractivity contribution in [2.45, 2.75) is 40.7 Å². The lowest BCUT2D eigenvalue weighted by molar-refractivity contribution is -0.139. The summed E-state index contributed by atoms with van der Waals surface area (Å²) in [4.78, 5) is 40.1. The first-order valence-electron chi connectivity index (χ1n) is 15.4. The Hall–Kier alpha value is -3.84. The van der Waals surface area contributed by atoms with E-state index in [-0.39, 0.29) is 26.4 Å². The summed E-state index contributed by atoms with van der Waals surface area (Å²) in [5.74, 6) is -8.61. The van der Waals surface area contributed by atoms with Crippen LogP contribution in [0.2, 0.25) is 0 Å². The topological polar surface area (TPSA) is 132 Å². The number of ketones is 1. The highest BCUT2D eigenvalue weighted by atomic mass is 127. The van der Waals surface area contributed by atoms with E-state index in [0.717, 1.165) is 30.7 Å². The van der Waals surface area contributed by atoms with Crippen LogP contribution in [0.15, 0.2) is 77.0 Å². The molecule has 0 aliphatic heterocycles. The van der Waals surface area contributed by atoms with Gasteiger partial charge in [-0.3, -0.25) is 9.79 Å². The van der Waals surface area contributed by atoms with Gasteiger partial charge in [0.15, 0.2) is 23.3 Å². The van der Waals surface area contributed by atoms with Crippen LogP contribution in [0.1, 0.15) is 62.2 Å². The Kier molecular flexibility index (Phi) is 20.9. The van der Waals surface area contributed by atoms with E-state index < -0.39 is 75.1 Å². The van der Waals surface area contributed by atoms with Crippen molar-refractivity contribution in [1.82, 2.24) is 0 Å². The molecule has 15 heteroatoms. The molecule has 0 aromatic heterocycles. The van der Waals surface area contributed by atoms with Crippen molar-refractivity contribution >= 4 is 74.9 Å². The standard InChI is InChI=1S/C20H18F2INO4.C14H13F2IO4.C2H6/c1-2-28-20(27)15(10-24-11-17(25)12-6-4-3-5-7-12)19(26)14-8-13(23)9-16(21)18(14)22;1-3-20-7-10(14(19)21-4-2)13(18)9-5-8(17)6-11(15)12(9)16;1-2/h3-10,17,25-26H,2,11H2,1H3;5-7H,3-4H2,1-2H3;1-2H3/b;10-7-;. The molecule has 3 rings (SSSR count). The van der Waals surface area contributed by atoms with Crippen molar-refractivity contribution in [3.8, 4) is 0 Å². The summed E-state index contributed by atoms with van der Waals surface area (Å²) in [6.45, 7) is 8.93. The number of ether oxygens (including phenoxy) is 3. The van der Waals surface area contributed by atoms with Gasteiger partial charge < -0.3 is 24.4 Å². The van der Waals surface area contributed by atoms with E-state index in [0.29, 0.717) is 12.7 Å². The van der Waals surface area contributed by atoms with Crippen molar-refractivity contribution in [2.24, 2.45) is 4.99 Å². The van der Waals surface area contributed by atoms with Crippen LogP contribution in [0.25, 0.3) is 5.76 Å². The fraction of sp³-hybridized carbons (Fsp3) is 0.278. The number of hydrogen-bond acceptors (Lipinski definition) is 9. The SMILES string of the molecule is CC.CCO/C=C(\C(=O)OCC)C(=O)c1cc(I)cc(F)c1F.CCOC(=O)C(C=NCC(O)c1ccccc1)=C(O)c1cc(I)cc(F)c1F. The van der Waals surface area contributed by atoms with Crippen molar-refractivity contribution in [3.63, 3.8) is 0 Å². The third-order valence-corrected chi connectivity index (χ3v) is 7.27. The highest BCUT2D eigenvalue weighted by molar-refractivity contribution is 14.1. The minimum atomic E-state index is -1.31. The zero-order chi connectivity index (χ0) is 38.7. The summed E-state index contributed by atoms with van der Waals surface area (Å²) >= 11 is 3.50. The maximum absolute atomic E-state index is 14.1. The Morgan fingerprint density at radius 2 is 1.31 bits per heavy atom. The van der Waals surface area contributed by atoms with E-state index in [1.807, 2.05) is 13.8 Å². The number of esters is 2. The van der Waals surface area contributed by atoms with E-state index in [4.69, 9.17) is 14.2 Å². The maximum atomic E-state index is 14.1. The van der Waals surface area contributed by atoms with Gasteiger partial charge in [-0.1, -0.05) is 44.2 Å². The minimum absolute atomic E-state index is 0.0132. The molecule has 0 amide bonds. The first-order chi connectivity index (χ1) is 24.3. The first kappa shape index (κ1) is 45.2. The molecule has 3 aromatic carbocycles. The lowest BCUT2D eigenvalue weighted by Crippen LogP contribution is -2.18. The quantitative estimate of drug-likeness (QED) is 0.0167. The van der Waals surface area contributed by atoms with Crippen LogP contribution in [0.3, 0.4) is 0 Å². The fourth-order valence-corrected chi connectivity index (χ4v) is 4.92. The van der Waals surface area contributed by atoms with Gasteiger partial charge in [-0.25, -0.2) is 27.2 Å². The van der Waals surface area contributed by atoms with Gasteiger partial charge in [0.2, 0.25) is 5.78 Å². The number of aliphatic imine (C=N–C) groups is 1. The Labute approximate surface area is 320 Å². The fourth-order valence-electron chi connectivity index (χ4n) is 3.75. The second kappa shape index (κ2) is 23.6. The predicted molar refractivity (Wildman–Crippen MR) is 201 cm³/mol. The van der Waals surface area contributed by atoms with Crippen molar-refractivity contribution in [3.05, 3.63) is 119 Å². The third kappa shape index (κ3) is 14.0. The molecule has 9 nitrogen and oxygen atoms in total. The summed E-state index contributed by atoms with van der Waals surface area (Å²) in [7, 11) is 0. The molecular formula is C36H37F4I2NO8.